The Morgan fingerprint density at radius 1 is 1.57 bits per heavy atom. The maximum atomic E-state index is 11.8. The van der Waals surface area contributed by atoms with E-state index in [2.05, 4.69) is 0 Å². The molecule has 0 aliphatic carbocycles. The van der Waals surface area contributed by atoms with Crippen LogP contribution in [-0.2, 0) is 6.54 Å². The number of hydrogen-bond donors (Lipinski definition) is 1. The van der Waals surface area contributed by atoms with Gasteiger partial charge in [0, 0.05) is 24.3 Å². The summed E-state index contributed by atoms with van der Waals surface area (Å²) in [5.41, 5.74) is 7.87. The van der Waals surface area contributed by atoms with Gasteiger partial charge in [0.1, 0.15) is 0 Å². The zero-order valence-electron chi connectivity index (χ0n) is 7.88. The van der Waals surface area contributed by atoms with Crippen molar-refractivity contribution in [1.82, 2.24) is 4.90 Å². The van der Waals surface area contributed by atoms with E-state index in [4.69, 9.17) is 17.3 Å². The van der Waals surface area contributed by atoms with Gasteiger partial charge in [-0.15, -0.1) is 0 Å². The molecule has 2 N–H and O–H groups in total. The van der Waals surface area contributed by atoms with Gasteiger partial charge >= 0.3 is 0 Å². The van der Waals surface area contributed by atoms with Crippen LogP contribution in [0.4, 0.5) is 5.69 Å². The first-order valence-corrected chi connectivity index (χ1v) is 4.89. The number of nitrogen functional groups attached to an aromatic ring is 1. The number of nitrogens with zero attached hydrogens (tertiary/aromatic N) is 1. The van der Waals surface area contributed by atoms with Crippen molar-refractivity contribution >= 4 is 23.2 Å². The molecular formula is C10H11ClN2O. The smallest absolute Gasteiger partial charge is 0.256 e. The number of fused-ring (bicyclic) bond motifs is 1. The molecule has 3 nitrogen and oxygen atoms in total. The summed E-state index contributed by atoms with van der Waals surface area (Å²) < 4.78 is 0. The van der Waals surface area contributed by atoms with Gasteiger partial charge in [-0.25, -0.2) is 0 Å². The molecule has 0 aromatic heterocycles. The van der Waals surface area contributed by atoms with E-state index in [0.717, 1.165) is 5.56 Å². The van der Waals surface area contributed by atoms with E-state index >= 15 is 0 Å². The Hall–Kier alpha value is -1.22. The average Bonchev–Trinajstić information content (AvgIpc) is 2.51. The molecule has 0 bridgehead atoms. The maximum absolute atomic E-state index is 11.8. The highest BCUT2D eigenvalue weighted by Gasteiger charge is 2.29. The van der Waals surface area contributed by atoms with E-state index in [1.807, 2.05) is 6.92 Å². The molecule has 0 saturated carbocycles. The number of benzene rings is 1. The van der Waals surface area contributed by atoms with Crippen molar-refractivity contribution in [1.29, 1.82) is 0 Å². The minimum atomic E-state index is -0.0141. The Bertz CT molecular complexity index is 403. The molecule has 0 unspecified atom stereocenters. The lowest BCUT2D eigenvalue weighted by Gasteiger charge is -2.11. The predicted molar refractivity (Wildman–Crippen MR) is 56.3 cm³/mol. The minimum absolute atomic E-state index is 0.0141. The SMILES string of the molecule is CCN1Cc2c(N)ccc(Cl)c2C1=O. The van der Waals surface area contributed by atoms with Crippen LogP contribution in [0.2, 0.25) is 5.02 Å². The fourth-order valence-corrected chi connectivity index (χ4v) is 1.97. The molecule has 74 valence electrons. The van der Waals surface area contributed by atoms with Crippen molar-refractivity contribution in [2.24, 2.45) is 0 Å². The van der Waals surface area contributed by atoms with Crippen LogP contribution in [0, 0.1) is 0 Å². The third-order valence-corrected chi connectivity index (χ3v) is 2.85. The summed E-state index contributed by atoms with van der Waals surface area (Å²) in [6.07, 6.45) is 0. The number of amides is 1. The Morgan fingerprint density at radius 3 is 2.86 bits per heavy atom. The van der Waals surface area contributed by atoms with Crippen molar-refractivity contribution in [2.75, 3.05) is 12.3 Å². The molecular weight excluding hydrogens is 200 g/mol. The number of carbonyl (C=O) groups is 1. The monoisotopic (exact) mass is 210 g/mol. The lowest BCUT2D eigenvalue weighted by molar-refractivity contribution is 0.0787. The van der Waals surface area contributed by atoms with Crippen LogP contribution < -0.4 is 5.73 Å². The van der Waals surface area contributed by atoms with Crippen molar-refractivity contribution in [3.8, 4) is 0 Å². The number of carbonyl (C=O) groups excluding carboxylic acids is 1. The minimum Gasteiger partial charge on any atom is -0.398 e. The van der Waals surface area contributed by atoms with Crippen molar-refractivity contribution < 1.29 is 4.79 Å². The van der Waals surface area contributed by atoms with E-state index in [9.17, 15) is 4.79 Å². The lowest BCUT2D eigenvalue weighted by atomic mass is 10.1. The normalized spacial score (nSPS) is 14.7. The fourth-order valence-electron chi connectivity index (χ4n) is 1.71. The second-order valence-corrected chi connectivity index (χ2v) is 3.72. The van der Waals surface area contributed by atoms with E-state index < -0.39 is 0 Å². The third kappa shape index (κ3) is 1.16. The Kier molecular flexibility index (Phi) is 2.11. The van der Waals surface area contributed by atoms with Crippen LogP contribution in [0.15, 0.2) is 12.1 Å². The summed E-state index contributed by atoms with van der Waals surface area (Å²) in [5, 5.41) is 0.496. The first-order valence-electron chi connectivity index (χ1n) is 4.51. The molecule has 0 saturated heterocycles. The van der Waals surface area contributed by atoms with Crippen LogP contribution >= 0.6 is 11.6 Å². The summed E-state index contributed by atoms with van der Waals surface area (Å²) in [6.45, 7) is 3.20. The lowest BCUT2D eigenvalue weighted by Crippen LogP contribution is -2.23. The highest BCUT2D eigenvalue weighted by Crippen LogP contribution is 2.32. The number of hydrogen-bond acceptors (Lipinski definition) is 2. The zero-order chi connectivity index (χ0) is 10.3. The standard InChI is InChI=1S/C10H11ClN2O/c1-2-13-5-6-8(12)4-3-7(11)9(6)10(13)14/h3-4H,2,5,12H2,1H3. The Morgan fingerprint density at radius 2 is 2.29 bits per heavy atom. The molecule has 0 spiro atoms. The highest BCUT2D eigenvalue weighted by molar-refractivity contribution is 6.34. The van der Waals surface area contributed by atoms with Gasteiger partial charge in [-0.3, -0.25) is 4.79 Å². The van der Waals surface area contributed by atoms with E-state index in [0.29, 0.717) is 29.4 Å². The molecule has 2 rings (SSSR count). The molecule has 1 amide bonds. The maximum Gasteiger partial charge on any atom is 0.256 e. The van der Waals surface area contributed by atoms with E-state index in [1.165, 1.54) is 0 Å². The van der Waals surface area contributed by atoms with Crippen LogP contribution in [0.3, 0.4) is 0 Å². The van der Waals surface area contributed by atoms with Crippen molar-refractivity contribution in [3.05, 3.63) is 28.3 Å². The molecule has 1 aliphatic heterocycles. The average molecular weight is 211 g/mol. The topological polar surface area (TPSA) is 46.3 Å². The zero-order valence-corrected chi connectivity index (χ0v) is 8.64. The third-order valence-electron chi connectivity index (χ3n) is 2.53. The quantitative estimate of drug-likeness (QED) is 0.720. The molecule has 1 aromatic carbocycles. The molecule has 4 heteroatoms. The first-order chi connectivity index (χ1) is 6.65. The predicted octanol–water partition coefficient (Wildman–Crippen LogP) is 1.90. The number of anilines is 1. The number of nitrogens with two attached hydrogens (primary N) is 1. The summed E-state index contributed by atoms with van der Waals surface area (Å²) in [6, 6.07) is 3.42. The van der Waals surface area contributed by atoms with Crippen LogP contribution in [0.5, 0.6) is 0 Å². The van der Waals surface area contributed by atoms with Gasteiger partial charge in [0.25, 0.3) is 5.91 Å². The summed E-state index contributed by atoms with van der Waals surface area (Å²) in [4.78, 5) is 13.5. The molecule has 14 heavy (non-hydrogen) atoms. The molecule has 0 fully saturated rings. The van der Waals surface area contributed by atoms with Crippen LogP contribution in [-0.4, -0.2) is 17.4 Å². The van der Waals surface area contributed by atoms with Crippen LogP contribution in [0.25, 0.3) is 0 Å². The molecule has 0 atom stereocenters. The number of rotatable bonds is 1. The second kappa shape index (κ2) is 3.17. The summed E-state index contributed by atoms with van der Waals surface area (Å²) in [7, 11) is 0. The van der Waals surface area contributed by atoms with Crippen molar-refractivity contribution in [2.45, 2.75) is 13.5 Å². The molecule has 1 heterocycles. The summed E-state index contributed by atoms with van der Waals surface area (Å²) in [5.74, 6) is -0.0141. The van der Waals surface area contributed by atoms with Gasteiger partial charge in [-0.2, -0.15) is 0 Å². The van der Waals surface area contributed by atoms with E-state index in [1.54, 1.807) is 17.0 Å². The summed E-state index contributed by atoms with van der Waals surface area (Å²) >= 11 is 5.96. The fraction of sp³-hybridized carbons (Fsp3) is 0.300. The highest BCUT2D eigenvalue weighted by atomic mass is 35.5. The molecule has 1 aliphatic rings. The largest absolute Gasteiger partial charge is 0.398 e. The van der Waals surface area contributed by atoms with Gasteiger partial charge in [-0.05, 0) is 19.1 Å². The van der Waals surface area contributed by atoms with Gasteiger partial charge in [0.15, 0.2) is 0 Å². The Balaban J connectivity index is 2.58. The molecule has 0 radical (unpaired) electrons. The second-order valence-electron chi connectivity index (χ2n) is 3.31. The number of halogens is 1. The van der Waals surface area contributed by atoms with Gasteiger partial charge in [-0.1, -0.05) is 11.6 Å². The Labute approximate surface area is 87.4 Å². The van der Waals surface area contributed by atoms with E-state index in [-0.39, 0.29) is 5.91 Å². The molecule has 1 aromatic rings. The van der Waals surface area contributed by atoms with Crippen molar-refractivity contribution in [3.63, 3.8) is 0 Å². The van der Waals surface area contributed by atoms with Gasteiger partial charge < -0.3 is 10.6 Å². The first kappa shape index (κ1) is 9.34. The van der Waals surface area contributed by atoms with Gasteiger partial charge in [0.05, 0.1) is 10.6 Å². The van der Waals surface area contributed by atoms with Gasteiger partial charge in [0.2, 0.25) is 0 Å². The van der Waals surface area contributed by atoms with Crippen LogP contribution in [0.1, 0.15) is 22.8 Å².